The molecule has 134 valence electrons. The minimum Gasteiger partial charge on any atom is -0.484 e. The third-order valence-electron chi connectivity index (χ3n) is 4.89. The summed E-state index contributed by atoms with van der Waals surface area (Å²) in [5, 5.41) is 8.27. The van der Waals surface area contributed by atoms with Gasteiger partial charge in [0.25, 0.3) is 5.91 Å². The summed E-state index contributed by atoms with van der Waals surface area (Å²) in [6.45, 7) is 6.69. The molecule has 2 aromatic rings. The number of aromatic nitrogens is 3. The molecule has 6 heteroatoms. The Hall–Kier alpha value is -2.37. The van der Waals surface area contributed by atoms with E-state index in [0.717, 1.165) is 50.5 Å². The van der Waals surface area contributed by atoms with E-state index in [2.05, 4.69) is 28.6 Å². The Labute approximate surface area is 148 Å². The van der Waals surface area contributed by atoms with Gasteiger partial charge in [-0.2, -0.15) is 0 Å². The van der Waals surface area contributed by atoms with Crippen LogP contribution >= 0.6 is 0 Å². The second-order valence-corrected chi connectivity index (χ2v) is 6.42. The van der Waals surface area contributed by atoms with Crippen molar-refractivity contribution in [1.82, 2.24) is 19.7 Å². The van der Waals surface area contributed by atoms with Crippen molar-refractivity contribution >= 4 is 5.91 Å². The summed E-state index contributed by atoms with van der Waals surface area (Å²) in [5.41, 5.74) is 1.26. The number of hydrogen-bond acceptors (Lipinski definition) is 4. The quantitative estimate of drug-likeness (QED) is 0.810. The number of likely N-dealkylation sites (tertiary alicyclic amines) is 1. The van der Waals surface area contributed by atoms with Gasteiger partial charge in [0.05, 0.1) is 0 Å². The van der Waals surface area contributed by atoms with Crippen molar-refractivity contribution in [3.8, 4) is 5.75 Å². The zero-order chi connectivity index (χ0) is 17.6. The molecule has 0 radical (unpaired) electrons. The highest BCUT2D eigenvalue weighted by atomic mass is 16.5. The van der Waals surface area contributed by atoms with Gasteiger partial charge in [0.15, 0.2) is 6.61 Å². The van der Waals surface area contributed by atoms with Gasteiger partial charge in [-0.1, -0.05) is 19.1 Å². The second-order valence-electron chi connectivity index (χ2n) is 6.42. The molecule has 2 heterocycles. The SMILES string of the molecule is CCc1ccc(OCC(=O)N2CCC(c3nncn3CC)CC2)cc1. The van der Waals surface area contributed by atoms with Crippen LogP contribution in [0.3, 0.4) is 0 Å². The smallest absolute Gasteiger partial charge is 0.260 e. The predicted octanol–water partition coefficient (Wildman–Crippen LogP) is 2.65. The van der Waals surface area contributed by atoms with Crippen molar-refractivity contribution in [2.24, 2.45) is 0 Å². The molecule has 0 spiro atoms. The average molecular weight is 342 g/mol. The molecule has 1 aromatic heterocycles. The minimum absolute atomic E-state index is 0.0509. The fourth-order valence-corrected chi connectivity index (χ4v) is 3.27. The topological polar surface area (TPSA) is 60.2 Å². The van der Waals surface area contributed by atoms with Gasteiger partial charge in [-0.3, -0.25) is 4.79 Å². The first kappa shape index (κ1) is 17.5. The van der Waals surface area contributed by atoms with E-state index in [-0.39, 0.29) is 12.5 Å². The number of nitrogens with zero attached hydrogens (tertiary/aromatic N) is 4. The molecule has 1 amide bonds. The maximum absolute atomic E-state index is 12.4. The van der Waals surface area contributed by atoms with Gasteiger partial charge >= 0.3 is 0 Å². The summed E-state index contributed by atoms with van der Waals surface area (Å²) in [4.78, 5) is 14.3. The van der Waals surface area contributed by atoms with Gasteiger partial charge < -0.3 is 14.2 Å². The van der Waals surface area contributed by atoms with Crippen LogP contribution in [-0.4, -0.2) is 45.3 Å². The third-order valence-corrected chi connectivity index (χ3v) is 4.89. The van der Waals surface area contributed by atoms with E-state index < -0.39 is 0 Å². The lowest BCUT2D eigenvalue weighted by atomic mass is 9.96. The Morgan fingerprint density at radius 2 is 1.92 bits per heavy atom. The Morgan fingerprint density at radius 1 is 1.20 bits per heavy atom. The number of amides is 1. The standard InChI is InChI=1S/C19H26N4O2/c1-3-15-5-7-17(8-6-15)25-13-18(24)23-11-9-16(10-12-23)19-21-20-14-22(19)4-2/h5-8,14,16H,3-4,9-13H2,1-2H3. The molecule has 0 N–H and O–H groups in total. The molecule has 1 fully saturated rings. The zero-order valence-corrected chi connectivity index (χ0v) is 15.0. The molecule has 0 atom stereocenters. The minimum atomic E-state index is 0.0509. The van der Waals surface area contributed by atoms with Gasteiger partial charge in [-0.25, -0.2) is 0 Å². The summed E-state index contributed by atoms with van der Waals surface area (Å²) in [5.74, 6) is 2.22. The molecule has 0 unspecified atom stereocenters. The molecular weight excluding hydrogens is 316 g/mol. The largest absolute Gasteiger partial charge is 0.484 e. The number of benzene rings is 1. The summed E-state index contributed by atoms with van der Waals surface area (Å²) >= 11 is 0. The van der Waals surface area contributed by atoms with Gasteiger partial charge in [0, 0.05) is 25.6 Å². The molecule has 3 rings (SSSR count). The molecule has 1 aliphatic rings. The van der Waals surface area contributed by atoms with E-state index in [9.17, 15) is 4.79 Å². The predicted molar refractivity (Wildman–Crippen MR) is 95.6 cm³/mol. The number of ether oxygens (including phenoxy) is 1. The molecule has 1 saturated heterocycles. The van der Waals surface area contributed by atoms with Crippen molar-refractivity contribution in [2.45, 2.75) is 45.6 Å². The van der Waals surface area contributed by atoms with Crippen LogP contribution in [0.15, 0.2) is 30.6 Å². The van der Waals surface area contributed by atoms with Crippen LogP contribution in [0, 0.1) is 0 Å². The fourth-order valence-electron chi connectivity index (χ4n) is 3.27. The van der Waals surface area contributed by atoms with Crippen molar-refractivity contribution in [1.29, 1.82) is 0 Å². The summed E-state index contributed by atoms with van der Waals surface area (Å²) in [7, 11) is 0. The Bertz CT molecular complexity index is 688. The molecule has 0 saturated carbocycles. The van der Waals surface area contributed by atoms with E-state index >= 15 is 0 Å². The number of carbonyl (C=O) groups excluding carboxylic acids is 1. The molecule has 1 aliphatic heterocycles. The van der Waals surface area contributed by atoms with Crippen LogP contribution in [0.4, 0.5) is 0 Å². The number of aryl methyl sites for hydroxylation is 2. The summed E-state index contributed by atoms with van der Waals surface area (Å²) in [6.07, 6.45) is 4.63. The normalized spacial score (nSPS) is 15.4. The molecule has 0 aliphatic carbocycles. The number of rotatable bonds is 6. The zero-order valence-electron chi connectivity index (χ0n) is 15.0. The monoisotopic (exact) mass is 342 g/mol. The maximum Gasteiger partial charge on any atom is 0.260 e. The maximum atomic E-state index is 12.4. The Kier molecular flexibility index (Phi) is 5.68. The van der Waals surface area contributed by atoms with Crippen LogP contribution in [0.5, 0.6) is 5.75 Å². The lowest BCUT2D eigenvalue weighted by Crippen LogP contribution is -2.40. The van der Waals surface area contributed by atoms with Crippen LogP contribution in [0.25, 0.3) is 0 Å². The van der Waals surface area contributed by atoms with Crippen molar-refractivity contribution in [3.63, 3.8) is 0 Å². The number of hydrogen-bond donors (Lipinski definition) is 0. The van der Waals surface area contributed by atoms with E-state index in [1.165, 1.54) is 5.56 Å². The van der Waals surface area contributed by atoms with Crippen LogP contribution in [-0.2, 0) is 17.8 Å². The van der Waals surface area contributed by atoms with Crippen molar-refractivity contribution in [3.05, 3.63) is 42.0 Å². The molecular formula is C19H26N4O2. The average Bonchev–Trinajstić information content (AvgIpc) is 3.15. The summed E-state index contributed by atoms with van der Waals surface area (Å²) in [6, 6.07) is 7.93. The highest BCUT2D eigenvalue weighted by Crippen LogP contribution is 2.26. The number of piperidine rings is 1. The number of carbonyl (C=O) groups is 1. The molecule has 6 nitrogen and oxygen atoms in total. The first-order valence-corrected chi connectivity index (χ1v) is 9.08. The van der Waals surface area contributed by atoms with Crippen molar-refractivity contribution < 1.29 is 9.53 Å². The van der Waals surface area contributed by atoms with Crippen LogP contribution in [0.1, 0.15) is 44.0 Å². The Morgan fingerprint density at radius 3 is 2.56 bits per heavy atom. The molecule has 25 heavy (non-hydrogen) atoms. The first-order valence-electron chi connectivity index (χ1n) is 9.08. The van der Waals surface area contributed by atoms with Gasteiger partial charge in [-0.05, 0) is 43.9 Å². The summed E-state index contributed by atoms with van der Waals surface area (Å²) < 4.78 is 7.73. The van der Waals surface area contributed by atoms with Crippen LogP contribution in [0.2, 0.25) is 0 Å². The Balaban J connectivity index is 1.48. The van der Waals surface area contributed by atoms with E-state index in [4.69, 9.17) is 4.74 Å². The van der Waals surface area contributed by atoms with E-state index in [1.807, 2.05) is 29.2 Å². The van der Waals surface area contributed by atoms with Crippen LogP contribution < -0.4 is 4.74 Å². The van der Waals surface area contributed by atoms with Gasteiger partial charge in [0.1, 0.15) is 17.9 Å². The fraction of sp³-hybridized carbons (Fsp3) is 0.526. The lowest BCUT2D eigenvalue weighted by Gasteiger charge is -2.31. The molecule has 0 bridgehead atoms. The van der Waals surface area contributed by atoms with Gasteiger partial charge in [-0.15, -0.1) is 10.2 Å². The third kappa shape index (κ3) is 4.18. The molecule has 1 aromatic carbocycles. The van der Waals surface area contributed by atoms with E-state index in [1.54, 1.807) is 6.33 Å². The highest BCUT2D eigenvalue weighted by molar-refractivity contribution is 5.77. The first-order chi connectivity index (χ1) is 12.2. The van der Waals surface area contributed by atoms with Gasteiger partial charge in [0.2, 0.25) is 0 Å². The van der Waals surface area contributed by atoms with E-state index in [0.29, 0.717) is 5.92 Å². The second kappa shape index (κ2) is 8.14. The lowest BCUT2D eigenvalue weighted by molar-refractivity contribution is -0.134. The highest BCUT2D eigenvalue weighted by Gasteiger charge is 2.26. The van der Waals surface area contributed by atoms with Crippen molar-refractivity contribution in [2.75, 3.05) is 19.7 Å².